The second-order valence-electron chi connectivity index (χ2n) is 5.92. The quantitative estimate of drug-likeness (QED) is 0.647. The highest BCUT2D eigenvalue weighted by Gasteiger charge is 2.19. The fourth-order valence-corrected chi connectivity index (χ4v) is 2.32. The van der Waals surface area contributed by atoms with E-state index < -0.39 is 12.1 Å². The van der Waals surface area contributed by atoms with Crippen LogP contribution in [0, 0.1) is 6.92 Å². The number of Topliss-reactive ketones (excluding diaryl/α,β-unsaturated/α-hetero) is 1. The third kappa shape index (κ3) is 5.57. The Morgan fingerprint density at radius 3 is 2.16 bits per heavy atom. The van der Waals surface area contributed by atoms with E-state index in [1.807, 2.05) is 31.2 Å². The number of benzene rings is 2. The molecule has 0 aliphatic carbocycles. The number of amides is 1. The molecule has 0 aliphatic heterocycles. The largest absolute Gasteiger partial charge is 0.454 e. The Labute approximate surface area is 147 Å². The van der Waals surface area contributed by atoms with Crippen molar-refractivity contribution >= 4 is 23.3 Å². The second-order valence-corrected chi connectivity index (χ2v) is 5.92. The molecule has 2 aromatic carbocycles. The lowest BCUT2D eigenvalue weighted by atomic mass is 10.1. The van der Waals surface area contributed by atoms with Crippen LogP contribution < -0.4 is 5.32 Å². The Morgan fingerprint density at radius 1 is 1.00 bits per heavy atom. The Balaban J connectivity index is 1.93. The van der Waals surface area contributed by atoms with Crippen molar-refractivity contribution in [1.82, 2.24) is 0 Å². The first-order chi connectivity index (χ1) is 11.8. The maximum Gasteiger partial charge on any atom is 0.310 e. The van der Waals surface area contributed by atoms with Crippen molar-refractivity contribution in [3.63, 3.8) is 0 Å². The number of nitrogens with one attached hydrogen (secondary N) is 1. The number of hydrogen-bond donors (Lipinski definition) is 1. The van der Waals surface area contributed by atoms with E-state index in [-0.39, 0.29) is 18.1 Å². The molecule has 0 fully saturated rings. The zero-order valence-electron chi connectivity index (χ0n) is 14.5. The maximum absolute atomic E-state index is 12.3. The number of ether oxygens (including phenoxy) is 1. The van der Waals surface area contributed by atoms with Crippen LogP contribution in [0.1, 0.15) is 35.3 Å². The van der Waals surface area contributed by atoms with Crippen molar-refractivity contribution in [2.75, 3.05) is 5.32 Å². The number of rotatable bonds is 6. The van der Waals surface area contributed by atoms with Crippen LogP contribution in [0.4, 0.5) is 5.69 Å². The first kappa shape index (κ1) is 18.4. The van der Waals surface area contributed by atoms with Crippen LogP contribution in [0.5, 0.6) is 0 Å². The van der Waals surface area contributed by atoms with Gasteiger partial charge in [-0.25, -0.2) is 0 Å². The summed E-state index contributed by atoms with van der Waals surface area (Å²) in [5.41, 5.74) is 2.98. The van der Waals surface area contributed by atoms with E-state index in [0.29, 0.717) is 11.3 Å². The van der Waals surface area contributed by atoms with Gasteiger partial charge >= 0.3 is 5.97 Å². The average Bonchev–Trinajstić information content (AvgIpc) is 2.56. The van der Waals surface area contributed by atoms with Crippen LogP contribution in [0.3, 0.4) is 0 Å². The van der Waals surface area contributed by atoms with Crippen LogP contribution in [0.25, 0.3) is 0 Å². The number of carbonyl (C=O) groups excluding carboxylic acids is 3. The molecule has 5 nitrogen and oxygen atoms in total. The van der Waals surface area contributed by atoms with E-state index in [1.54, 1.807) is 31.2 Å². The molecule has 1 amide bonds. The second kappa shape index (κ2) is 8.24. The van der Waals surface area contributed by atoms with Crippen LogP contribution in [-0.4, -0.2) is 23.8 Å². The topological polar surface area (TPSA) is 72.5 Å². The molecule has 2 rings (SSSR count). The molecule has 1 N–H and O–H groups in total. The van der Waals surface area contributed by atoms with E-state index >= 15 is 0 Å². The zero-order chi connectivity index (χ0) is 18.4. The Hall–Kier alpha value is -2.95. The van der Waals surface area contributed by atoms with E-state index in [2.05, 4.69) is 5.32 Å². The molecule has 1 atom stereocenters. The lowest BCUT2D eigenvalue weighted by molar-refractivity contribution is -0.145. The zero-order valence-corrected chi connectivity index (χ0v) is 14.5. The molecule has 130 valence electrons. The minimum Gasteiger partial charge on any atom is -0.454 e. The molecule has 25 heavy (non-hydrogen) atoms. The summed E-state index contributed by atoms with van der Waals surface area (Å²) in [6.07, 6.45) is -0.746. The van der Waals surface area contributed by atoms with Crippen LogP contribution in [0.2, 0.25) is 0 Å². The van der Waals surface area contributed by atoms with Gasteiger partial charge in [0.15, 0.2) is 6.10 Å². The van der Waals surface area contributed by atoms with Gasteiger partial charge in [-0.05, 0) is 43.7 Å². The molecular formula is C20H21NO4. The standard InChI is InChI=1S/C20H21NO4/c1-13-4-6-16(7-5-13)12-19(23)25-14(2)20(24)17-8-10-18(11-9-17)21-15(3)22/h4-11,14H,12H2,1-3H3,(H,21,22)/t14-/m1/s1. The fraction of sp³-hybridized carbons (Fsp3) is 0.250. The van der Waals surface area contributed by atoms with Gasteiger partial charge in [-0.2, -0.15) is 0 Å². The number of anilines is 1. The van der Waals surface area contributed by atoms with Gasteiger partial charge in [0, 0.05) is 18.2 Å². The smallest absolute Gasteiger partial charge is 0.310 e. The lowest BCUT2D eigenvalue weighted by Gasteiger charge is -2.13. The summed E-state index contributed by atoms with van der Waals surface area (Å²) >= 11 is 0. The summed E-state index contributed by atoms with van der Waals surface area (Å²) in [7, 11) is 0. The maximum atomic E-state index is 12.3. The van der Waals surface area contributed by atoms with Crippen LogP contribution in [0.15, 0.2) is 48.5 Å². The van der Waals surface area contributed by atoms with Gasteiger partial charge in [0.1, 0.15) is 0 Å². The minimum atomic E-state index is -0.871. The van der Waals surface area contributed by atoms with Crippen molar-refractivity contribution in [3.8, 4) is 0 Å². The molecule has 0 spiro atoms. The number of esters is 1. The SMILES string of the molecule is CC(=O)Nc1ccc(C(=O)[C@@H](C)OC(=O)Cc2ccc(C)cc2)cc1. The van der Waals surface area contributed by atoms with Crippen molar-refractivity contribution < 1.29 is 19.1 Å². The first-order valence-electron chi connectivity index (χ1n) is 8.02. The van der Waals surface area contributed by atoms with Gasteiger partial charge in [-0.1, -0.05) is 29.8 Å². The minimum absolute atomic E-state index is 0.124. The average molecular weight is 339 g/mol. The number of carbonyl (C=O) groups is 3. The number of ketones is 1. The Kier molecular flexibility index (Phi) is 6.06. The summed E-state index contributed by atoms with van der Waals surface area (Å²) in [4.78, 5) is 35.3. The molecule has 0 saturated heterocycles. The van der Waals surface area contributed by atoms with Crippen LogP contribution >= 0.6 is 0 Å². The molecule has 5 heteroatoms. The first-order valence-corrected chi connectivity index (χ1v) is 8.02. The highest BCUT2D eigenvalue weighted by molar-refractivity contribution is 6.00. The summed E-state index contributed by atoms with van der Waals surface area (Å²) in [5.74, 6) is -0.913. The fourth-order valence-electron chi connectivity index (χ4n) is 2.32. The third-order valence-corrected chi connectivity index (χ3v) is 3.64. The van der Waals surface area contributed by atoms with E-state index in [1.165, 1.54) is 6.92 Å². The molecule has 0 unspecified atom stereocenters. The Morgan fingerprint density at radius 2 is 1.60 bits per heavy atom. The van der Waals surface area contributed by atoms with Gasteiger partial charge < -0.3 is 10.1 Å². The monoisotopic (exact) mass is 339 g/mol. The third-order valence-electron chi connectivity index (χ3n) is 3.64. The molecule has 2 aromatic rings. The number of aryl methyl sites for hydroxylation is 1. The normalized spacial score (nSPS) is 11.5. The predicted octanol–water partition coefficient (Wildman–Crippen LogP) is 3.31. The van der Waals surface area contributed by atoms with Gasteiger partial charge in [-0.3, -0.25) is 14.4 Å². The summed E-state index contributed by atoms with van der Waals surface area (Å²) < 4.78 is 5.24. The highest BCUT2D eigenvalue weighted by atomic mass is 16.5. The van der Waals surface area contributed by atoms with Crippen molar-refractivity contribution in [2.24, 2.45) is 0 Å². The van der Waals surface area contributed by atoms with Gasteiger partial charge in [0.2, 0.25) is 11.7 Å². The summed E-state index contributed by atoms with van der Waals surface area (Å²) in [6, 6.07) is 14.0. The number of hydrogen-bond acceptors (Lipinski definition) is 4. The van der Waals surface area contributed by atoms with E-state index in [0.717, 1.165) is 11.1 Å². The Bertz CT molecular complexity index is 763. The molecule has 0 heterocycles. The van der Waals surface area contributed by atoms with Crippen LogP contribution in [-0.2, 0) is 20.7 Å². The van der Waals surface area contributed by atoms with Gasteiger partial charge in [0.25, 0.3) is 0 Å². The van der Waals surface area contributed by atoms with Gasteiger partial charge in [-0.15, -0.1) is 0 Å². The molecule has 0 radical (unpaired) electrons. The van der Waals surface area contributed by atoms with Crippen molar-refractivity contribution in [1.29, 1.82) is 0 Å². The molecule has 0 aromatic heterocycles. The van der Waals surface area contributed by atoms with Crippen molar-refractivity contribution in [3.05, 3.63) is 65.2 Å². The molecule has 0 aliphatic rings. The lowest BCUT2D eigenvalue weighted by Crippen LogP contribution is -2.25. The highest BCUT2D eigenvalue weighted by Crippen LogP contribution is 2.13. The van der Waals surface area contributed by atoms with Gasteiger partial charge in [0.05, 0.1) is 6.42 Å². The van der Waals surface area contributed by atoms with E-state index in [4.69, 9.17) is 4.74 Å². The predicted molar refractivity (Wildman–Crippen MR) is 95.5 cm³/mol. The molecule has 0 saturated carbocycles. The van der Waals surface area contributed by atoms with E-state index in [9.17, 15) is 14.4 Å². The summed E-state index contributed by atoms with van der Waals surface area (Å²) in [6.45, 7) is 4.94. The van der Waals surface area contributed by atoms with Crippen molar-refractivity contribution in [2.45, 2.75) is 33.3 Å². The summed E-state index contributed by atoms with van der Waals surface area (Å²) in [5, 5.41) is 2.63. The molecular weight excluding hydrogens is 318 g/mol. The molecule has 0 bridgehead atoms.